The van der Waals surface area contributed by atoms with Gasteiger partial charge in [0.2, 0.25) is 0 Å². The highest BCUT2D eigenvalue weighted by molar-refractivity contribution is 5.94. The Kier molecular flexibility index (Phi) is 5.56. The highest BCUT2D eigenvalue weighted by Gasteiger charge is 2.25. The van der Waals surface area contributed by atoms with Crippen molar-refractivity contribution in [1.29, 1.82) is 0 Å². The maximum atomic E-state index is 12.7. The molecule has 0 bridgehead atoms. The molecule has 0 radical (unpaired) electrons. The lowest BCUT2D eigenvalue weighted by Gasteiger charge is -2.33. The minimum Gasteiger partial charge on any atom is -0.491 e. The molecule has 0 aliphatic carbocycles. The molecule has 5 nitrogen and oxygen atoms in total. The second kappa shape index (κ2) is 8.03. The van der Waals surface area contributed by atoms with Crippen LogP contribution in [0.4, 0.5) is 5.69 Å². The minimum atomic E-state index is -0.115. The second-order valence-electron chi connectivity index (χ2n) is 6.20. The maximum absolute atomic E-state index is 12.7. The third kappa shape index (κ3) is 4.51. The molecule has 1 aliphatic heterocycles. The number of benzene rings is 2. The van der Waals surface area contributed by atoms with E-state index in [9.17, 15) is 4.79 Å². The zero-order valence-electron chi connectivity index (χ0n) is 14.7. The molecule has 1 N–H and O–H groups in total. The van der Waals surface area contributed by atoms with Crippen LogP contribution in [0.15, 0.2) is 48.5 Å². The van der Waals surface area contributed by atoms with Gasteiger partial charge in [0, 0.05) is 24.8 Å². The Morgan fingerprint density at radius 2 is 1.92 bits per heavy atom. The van der Waals surface area contributed by atoms with Crippen molar-refractivity contribution < 1.29 is 14.3 Å². The van der Waals surface area contributed by atoms with Crippen molar-refractivity contribution in [3.8, 4) is 5.75 Å². The molecule has 1 saturated heterocycles. The molecule has 132 valence electrons. The van der Waals surface area contributed by atoms with Crippen molar-refractivity contribution in [2.24, 2.45) is 0 Å². The van der Waals surface area contributed by atoms with E-state index in [-0.39, 0.29) is 12.0 Å². The molecular weight excluding hydrogens is 316 g/mol. The van der Waals surface area contributed by atoms with Gasteiger partial charge in [-0.1, -0.05) is 17.7 Å². The molecule has 25 heavy (non-hydrogen) atoms. The summed E-state index contributed by atoms with van der Waals surface area (Å²) in [6.45, 7) is 4.15. The van der Waals surface area contributed by atoms with Gasteiger partial charge in [-0.3, -0.25) is 4.79 Å². The topological polar surface area (TPSA) is 50.8 Å². The molecule has 2 aromatic carbocycles. The first kappa shape index (κ1) is 17.3. The molecule has 1 heterocycles. The van der Waals surface area contributed by atoms with Crippen LogP contribution >= 0.6 is 0 Å². The maximum Gasteiger partial charge on any atom is 0.254 e. The molecule has 1 fully saturated rings. The highest BCUT2D eigenvalue weighted by Crippen LogP contribution is 2.16. The number of ether oxygens (including phenoxy) is 2. The number of aryl methyl sites for hydroxylation is 1. The molecule has 0 saturated carbocycles. The summed E-state index contributed by atoms with van der Waals surface area (Å²) < 4.78 is 11.5. The third-order valence-corrected chi connectivity index (χ3v) is 4.30. The van der Waals surface area contributed by atoms with Gasteiger partial charge in [0.25, 0.3) is 5.91 Å². The number of carbonyl (C=O) groups is 1. The van der Waals surface area contributed by atoms with Crippen molar-refractivity contribution in [2.45, 2.75) is 13.0 Å². The Morgan fingerprint density at radius 1 is 1.20 bits per heavy atom. The van der Waals surface area contributed by atoms with Crippen molar-refractivity contribution in [3.05, 3.63) is 59.7 Å². The Bertz CT molecular complexity index is 698. The lowest BCUT2D eigenvalue weighted by molar-refractivity contribution is -0.0401. The van der Waals surface area contributed by atoms with E-state index in [1.807, 2.05) is 67.4 Å². The highest BCUT2D eigenvalue weighted by atomic mass is 16.5. The van der Waals surface area contributed by atoms with Crippen LogP contribution in [0, 0.1) is 6.92 Å². The number of hydrogen-bond donors (Lipinski definition) is 1. The van der Waals surface area contributed by atoms with E-state index in [1.165, 1.54) is 5.56 Å². The summed E-state index contributed by atoms with van der Waals surface area (Å²) in [5.74, 6) is 0.853. The fourth-order valence-electron chi connectivity index (χ4n) is 2.79. The third-order valence-electron chi connectivity index (χ3n) is 4.30. The van der Waals surface area contributed by atoms with Crippen LogP contribution in [0.1, 0.15) is 15.9 Å². The number of morpholine rings is 1. The first-order valence-electron chi connectivity index (χ1n) is 8.54. The van der Waals surface area contributed by atoms with E-state index in [2.05, 4.69) is 5.32 Å². The van der Waals surface area contributed by atoms with Crippen molar-refractivity contribution >= 4 is 11.6 Å². The number of nitrogens with zero attached hydrogens (tertiary/aromatic N) is 1. The summed E-state index contributed by atoms with van der Waals surface area (Å²) in [5, 5.41) is 3.05. The fourth-order valence-corrected chi connectivity index (χ4v) is 2.79. The lowest BCUT2D eigenvalue weighted by Crippen LogP contribution is -2.47. The van der Waals surface area contributed by atoms with Crippen LogP contribution in [0.2, 0.25) is 0 Å². The summed E-state index contributed by atoms with van der Waals surface area (Å²) >= 11 is 0. The molecule has 0 spiro atoms. The minimum absolute atomic E-state index is 0.0336. The van der Waals surface area contributed by atoms with E-state index in [0.717, 1.165) is 11.4 Å². The smallest absolute Gasteiger partial charge is 0.254 e. The lowest BCUT2D eigenvalue weighted by atomic mass is 10.1. The van der Waals surface area contributed by atoms with Gasteiger partial charge in [-0.15, -0.1) is 0 Å². The molecule has 2 aromatic rings. The standard InChI is InChI=1S/C20H24N2O3/c1-15-3-9-18(10-4-15)25-14-19-13-22(11-12-24-19)20(23)16-5-7-17(21-2)8-6-16/h3-10,19,21H,11-14H2,1-2H3. The number of anilines is 1. The second-order valence-corrected chi connectivity index (χ2v) is 6.20. The van der Waals surface area contributed by atoms with E-state index in [0.29, 0.717) is 31.9 Å². The largest absolute Gasteiger partial charge is 0.491 e. The fraction of sp³-hybridized carbons (Fsp3) is 0.350. The van der Waals surface area contributed by atoms with Gasteiger partial charge >= 0.3 is 0 Å². The van der Waals surface area contributed by atoms with Crippen LogP contribution < -0.4 is 10.1 Å². The van der Waals surface area contributed by atoms with Gasteiger partial charge in [-0.2, -0.15) is 0 Å². The zero-order valence-corrected chi connectivity index (χ0v) is 14.7. The Hall–Kier alpha value is -2.53. The SMILES string of the molecule is CNc1ccc(C(=O)N2CCOC(COc3ccc(C)cc3)C2)cc1. The van der Waals surface area contributed by atoms with Gasteiger partial charge in [0.1, 0.15) is 18.5 Å². The monoisotopic (exact) mass is 340 g/mol. The number of hydrogen-bond acceptors (Lipinski definition) is 4. The van der Waals surface area contributed by atoms with Crippen LogP contribution in [0.5, 0.6) is 5.75 Å². The molecule has 1 atom stereocenters. The number of nitrogens with one attached hydrogen (secondary N) is 1. The van der Waals surface area contributed by atoms with E-state index in [1.54, 1.807) is 0 Å². The molecule has 3 rings (SSSR count). The average molecular weight is 340 g/mol. The summed E-state index contributed by atoms with van der Waals surface area (Å²) in [6, 6.07) is 15.4. The van der Waals surface area contributed by atoms with E-state index >= 15 is 0 Å². The van der Waals surface area contributed by atoms with Crippen LogP contribution in [-0.4, -0.2) is 50.3 Å². The van der Waals surface area contributed by atoms with Crippen LogP contribution in [0.3, 0.4) is 0 Å². The summed E-state index contributed by atoms with van der Waals surface area (Å²) in [6.07, 6.45) is -0.115. The Balaban J connectivity index is 1.56. The van der Waals surface area contributed by atoms with Crippen molar-refractivity contribution in [2.75, 3.05) is 38.7 Å². The molecule has 5 heteroatoms. The number of rotatable bonds is 5. The molecule has 1 aliphatic rings. The Morgan fingerprint density at radius 3 is 2.60 bits per heavy atom. The van der Waals surface area contributed by atoms with Crippen LogP contribution in [0.25, 0.3) is 0 Å². The quantitative estimate of drug-likeness (QED) is 0.909. The number of carbonyl (C=O) groups excluding carboxylic acids is 1. The van der Waals surface area contributed by atoms with Gasteiger partial charge in [0.05, 0.1) is 13.2 Å². The first-order valence-corrected chi connectivity index (χ1v) is 8.54. The number of amides is 1. The molecule has 1 unspecified atom stereocenters. The normalized spacial score (nSPS) is 17.2. The summed E-state index contributed by atoms with van der Waals surface area (Å²) in [5.41, 5.74) is 2.88. The van der Waals surface area contributed by atoms with Gasteiger partial charge in [-0.25, -0.2) is 0 Å². The predicted octanol–water partition coefficient (Wildman–Crippen LogP) is 2.96. The molecule has 0 aromatic heterocycles. The predicted molar refractivity (Wildman–Crippen MR) is 98.3 cm³/mol. The van der Waals surface area contributed by atoms with Crippen LogP contribution in [-0.2, 0) is 4.74 Å². The van der Waals surface area contributed by atoms with Crippen molar-refractivity contribution in [1.82, 2.24) is 4.90 Å². The average Bonchev–Trinajstić information content (AvgIpc) is 2.67. The first-order chi connectivity index (χ1) is 12.2. The van der Waals surface area contributed by atoms with E-state index in [4.69, 9.17) is 9.47 Å². The van der Waals surface area contributed by atoms with Gasteiger partial charge < -0.3 is 19.7 Å². The zero-order chi connectivity index (χ0) is 17.6. The van der Waals surface area contributed by atoms with Crippen molar-refractivity contribution in [3.63, 3.8) is 0 Å². The Labute approximate surface area is 148 Å². The van der Waals surface area contributed by atoms with E-state index < -0.39 is 0 Å². The molecule has 1 amide bonds. The summed E-state index contributed by atoms with van der Waals surface area (Å²) in [7, 11) is 1.86. The summed E-state index contributed by atoms with van der Waals surface area (Å²) in [4.78, 5) is 14.5. The van der Waals surface area contributed by atoms with Gasteiger partial charge in [0.15, 0.2) is 0 Å². The molecular formula is C20H24N2O3. The van der Waals surface area contributed by atoms with Gasteiger partial charge in [-0.05, 0) is 43.3 Å².